The molecule has 2 heterocycles. The average Bonchev–Trinajstić information content (AvgIpc) is 2.90. The molecule has 0 bridgehead atoms. The Labute approximate surface area is 213 Å². The van der Waals surface area contributed by atoms with Gasteiger partial charge >= 0.3 is 0 Å². The van der Waals surface area contributed by atoms with Crippen molar-refractivity contribution in [2.24, 2.45) is 0 Å². The number of aromatic nitrogens is 2. The van der Waals surface area contributed by atoms with Crippen molar-refractivity contribution >= 4 is 34.2 Å². The van der Waals surface area contributed by atoms with Crippen LogP contribution in [0.2, 0.25) is 0 Å². The van der Waals surface area contributed by atoms with Gasteiger partial charge in [0.2, 0.25) is 11.8 Å². The number of benzene rings is 3. The number of rotatable bonds is 6. The highest BCUT2D eigenvalue weighted by Crippen LogP contribution is 2.33. The van der Waals surface area contributed by atoms with Crippen LogP contribution in [0.1, 0.15) is 26.3 Å². The highest BCUT2D eigenvalue weighted by Gasteiger charge is 2.26. The van der Waals surface area contributed by atoms with Crippen molar-refractivity contribution in [2.75, 3.05) is 23.8 Å². The Hall–Kier alpha value is -4.66. The highest BCUT2D eigenvalue weighted by molar-refractivity contribution is 5.96. The molecule has 1 aliphatic rings. The molecule has 1 aromatic heterocycles. The summed E-state index contributed by atoms with van der Waals surface area (Å²) in [5.41, 5.74) is 2.29. The standard InChI is InChI=1S/C28H26N4O5/c1-3-22(27(34)30-18-12-13-24-25(16-18)37-15-14-36-24)32-23-11-7-6-10-21(23)31-26(28(32)35)19-8-4-5-9-20(19)29-17(2)33/h4-13,16,22H,3,14-15H2,1-2H3,(H,29,33)(H,30,34)/t22-/m1/s1. The molecule has 4 aromatic rings. The third-order valence-electron chi connectivity index (χ3n) is 6.10. The lowest BCUT2D eigenvalue weighted by molar-refractivity contribution is -0.119. The largest absolute Gasteiger partial charge is 0.486 e. The van der Waals surface area contributed by atoms with Gasteiger partial charge in [0.15, 0.2) is 11.5 Å². The van der Waals surface area contributed by atoms with Gasteiger partial charge < -0.3 is 20.1 Å². The number of ether oxygens (including phenoxy) is 2. The lowest BCUT2D eigenvalue weighted by atomic mass is 10.1. The summed E-state index contributed by atoms with van der Waals surface area (Å²) in [5.74, 6) is 0.563. The molecule has 0 aliphatic carbocycles. The first-order valence-corrected chi connectivity index (χ1v) is 12.0. The summed E-state index contributed by atoms with van der Waals surface area (Å²) >= 11 is 0. The minimum absolute atomic E-state index is 0.147. The zero-order valence-corrected chi connectivity index (χ0v) is 20.5. The van der Waals surface area contributed by atoms with Gasteiger partial charge in [-0.2, -0.15) is 0 Å². The van der Waals surface area contributed by atoms with Gasteiger partial charge in [-0.3, -0.25) is 19.0 Å². The molecule has 0 radical (unpaired) electrons. The number of nitrogens with one attached hydrogen (secondary N) is 2. The van der Waals surface area contributed by atoms with Crippen LogP contribution < -0.4 is 25.7 Å². The van der Waals surface area contributed by atoms with Crippen LogP contribution in [0.5, 0.6) is 11.5 Å². The molecule has 37 heavy (non-hydrogen) atoms. The van der Waals surface area contributed by atoms with Gasteiger partial charge in [0, 0.05) is 24.2 Å². The summed E-state index contributed by atoms with van der Waals surface area (Å²) in [5, 5.41) is 5.68. The van der Waals surface area contributed by atoms with Gasteiger partial charge in [-0.05, 0) is 36.8 Å². The number of para-hydroxylation sites is 3. The molecule has 188 valence electrons. The third-order valence-corrected chi connectivity index (χ3v) is 6.10. The molecule has 1 aliphatic heterocycles. The predicted octanol–water partition coefficient (Wildman–Crippen LogP) is 4.38. The fourth-order valence-corrected chi connectivity index (χ4v) is 4.46. The first kappa shape index (κ1) is 24.1. The number of carbonyl (C=O) groups excluding carboxylic acids is 2. The second kappa shape index (κ2) is 10.1. The molecule has 2 N–H and O–H groups in total. The van der Waals surface area contributed by atoms with E-state index in [-0.39, 0.29) is 17.5 Å². The molecule has 9 heteroatoms. The molecule has 2 amide bonds. The molecule has 1 atom stereocenters. The van der Waals surface area contributed by atoms with E-state index in [0.29, 0.717) is 59.1 Å². The number of hydrogen-bond acceptors (Lipinski definition) is 6. The first-order valence-electron chi connectivity index (χ1n) is 12.0. The fourth-order valence-electron chi connectivity index (χ4n) is 4.46. The smallest absolute Gasteiger partial charge is 0.278 e. The normalized spacial score (nSPS) is 13.1. The third kappa shape index (κ3) is 4.75. The number of carbonyl (C=O) groups is 2. The molecule has 9 nitrogen and oxygen atoms in total. The Balaban J connectivity index is 1.60. The van der Waals surface area contributed by atoms with Crippen LogP contribution in [-0.2, 0) is 9.59 Å². The van der Waals surface area contributed by atoms with Crippen molar-refractivity contribution in [3.05, 3.63) is 77.1 Å². The van der Waals surface area contributed by atoms with Crippen molar-refractivity contribution in [3.63, 3.8) is 0 Å². The number of amides is 2. The number of anilines is 2. The molecule has 0 saturated carbocycles. The Morgan fingerprint density at radius 3 is 2.49 bits per heavy atom. The minimum Gasteiger partial charge on any atom is -0.486 e. The summed E-state index contributed by atoms with van der Waals surface area (Å²) in [6.07, 6.45) is 0.358. The van der Waals surface area contributed by atoms with Crippen molar-refractivity contribution in [1.29, 1.82) is 0 Å². The van der Waals surface area contributed by atoms with E-state index in [9.17, 15) is 14.4 Å². The molecule has 0 unspecified atom stereocenters. The second-order valence-corrected chi connectivity index (χ2v) is 8.62. The van der Waals surface area contributed by atoms with Crippen molar-refractivity contribution in [1.82, 2.24) is 9.55 Å². The van der Waals surface area contributed by atoms with E-state index in [1.807, 2.05) is 13.0 Å². The van der Waals surface area contributed by atoms with Gasteiger partial charge in [-0.1, -0.05) is 37.3 Å². The van der Waals surface area contributed by atoms with Crippen LogP contribution in [-0.4, -0.2) is 34.6 Å². The monoisotopic (exact) mass is 498 g/mol. The van der Waals surface area contributed by atoms with Gasteiger partial charge in [-0.25, -0.2) is 4.98 Å². The Kier molecular flexibility index (Phi) is 6.59. The highest BCUT2D eigenvalue weighted by atomic mass is 16.6. The summed E-state index contributed by atoms with van der Waals surface area (Å²) in [6.45, 7) is 4.16. The topological polar surface area (TPSA) is 112 Å². The van der Waals surface area contributed by atoms with E-state index in [1.165, 1.54) is 11.5 Å². The maximum absolute atomic E-state index is 13.9. The molecule has 3 aromatic carbocycles. The Morgan fingerprint density at radius 1 is 0.973 bits per heavy atom. The van der Waals surface area contributed by atoms with E-state index in [1.54, 1.807) is 60.7 Å². The first-order chi connectivity index (χ1) is 18.0. The summed E-state index contributed by atoms with van der Waals surface area (Å²) < 4.78 is 12.7. The average molecular weight is 499 g/mol. The van der Waals surface area contributed by atoms with Crippen LogP contribution in [0.15, 0.2) is 71.5 Å². The van der Waals surface area contributed by atoms with E-state index < -0.39 is 11.6 Å². The second-order valence-electron chi connectivity index (χ2n) is 8.62. The lowest BCUT2D eigenvalue weighted by Gasteiger charge is -2.22. The van der Waals surface area contributed by atoms with Crippen LogP contribution in [0.3, 0.4) is 0 Å². The van der Waals surface area contributed by atoms with Crippen LogP contribution in [0.25, 0.3) is 22.3 Å². The summed E-state index contributed by atoms with van der Waals surface area (Å²) in [4.78, 5) is 43.9. The van der Waals surface area contributed by atoms with Gasteiger partial charge in [0.05, 0.1) is 16.7 Å². The van der Waals surface area contributed by atoms with E-state index >= 15 is 0 Å². The molecule has 0 saturated heterocycles. The number of hydrogen-bond donors (Lipinski definition) is 2. The molecule has 0 spiro atoms. The molecule has 5 rings (SSSR count). The SMILES string of the molecule is CC[C@H](C(=O)Nc1ccc2c(c1)OCCO2)n1c(=O)c(-c2ccccc2NC(C)=O)nc2ccccc21. The quantitative estimate of drug-likeness (QED) is 0.408. The zero-order chi connectivity index (χ0) is 25.9. The van der Waals surface area contributed by atoms with E-state index in [0.717, 1.165) is 0 Å². The van der Waals surface area contributed by atoms with Crippen molar-refractivity contribution < 1.29 is 19.1 Å². The summed E-state index contributed by atoms with van der Waals surface area (Å²) in [6, 6.07) is 18.5. The summed E-state index contributed by atoms with van der Waals surface area (Å²) in [7, 11) is 0. The lowest BCUT2D eigenvalue weighted by Crippen LogP contribution is -2.34. The maximum atomic E-state index is 13.9. The van der Waals surface area contributed by atoms with E-state index in [2.05, 4.69) is 15.6 Å². The van der Waals surface area contributed by atoms with Gasteiger partial charge in [0.1, 0.15) is 24.9 Å². The number of fused-ring (bicyclic) bond motifs is 2. The minimum atomic E-state index is -0.819. The van der Waals surface area contributed by atoms with Crippen LogP contribution in [0, 0.1) is 0 Å². The molecular formula is C28H26N4O5. The fraction of sp³-hybridized carbons (Fsp3) is 0.214. The Morgan fingerprint density at radius 2 is 1.70 bits per heavy atom. The molecular weight excluding hydrogens is 472 g/mol. The van der Waals surface area contributed by atoms with Crippen LogP contribution >= 0.6 is 0 Å². The van der Waals surface area contributed by atoms with Crippen molar-refractivity contribution in [2.45, 2.75) is 26.3 Å². The van der Waals surface area contributed by atoms with Crippen LogP contribution in [0.4, 0.5) is 11.4 Å². The zero-order valence-electron chi connectivity index (χ0n) is 20.5. The molecule has 0 fully saturated rings. The van der Waals surface area contributed by atoms with Crippen molar-refractivity contribution in [3.8, 4) is 22.8 Å². The Bertz CT molecular complexity index is 1560. The van der Waals surface area contributed by atoms with E-state index in [4.69, 9.17) is 9.47 Å². The number of nitrogens with zero attached hydrogens (tertiary/aromatic N) is 2. The predicted molar refractivity (Wildman–Crippen MR) is 141 cm³/mol. The van der Waals surface area contributed by atoms with Gasteiger partial charge in [0.25, 0.3) is 5.56 Å². The maximum Gasteiger partial charge on any atom is 0.278 e. The van der Waals surface area contributed by atoms with Gasteiger partial charge in [-0.15, -0.1) is 0 Å².